The third-order valence-corrected chi connectivity index (χ3v) is 5.29. The predicted octanol–water partition coefficient (Wildman–Crippen LogP) is 3.53. The number of benzene rings is 2. The average molecular weight is 506 g/mol. The Bertz CT molecular complexity index is 1190. The Hall–Kier alpha value is -3.27. The fraction of sp³-hybridized carbons (Fsp3) is 0.176. The van der Waals surface area contributed by atoms with Gasteiger partial charge in [-0.2, -0.15) is 31.1 Å². The van der Waals surface area contributed by atoms with Crippen molar-refractivity contribution in [3.63, 3.8) is 0 Å². The quantitative estimate of drug-likeness (QED) is 0.519. The summed E-state index contributed by atoms with van der Waals surface area (Å²) in [4.78, 5) is 21.8. The second-order valence-electron chi connectivity index (χ2n) is 6.22. The molecule has 1 amide bonds. The first-order valence-corrected chi connectivity index (χ1v) is 9.71. The van der Waals surface area contributed by atoms with Crippen LogP contribution in [0.3, 0.4) is 0 Å². The standard InChI is InChI=1S/C17H10F8N2O5S/c18-11-4-2-8(33(31,32)27-13(15(29)30)17(23,24)25)6-9(11)14(28)26-7-1-3-10(12(19)5-7)16(20,21)22/h1-6,13,27H,(H,26,28)(H,29,30)/t13-/m0/s1. The summed E-state index contributed by atoms with van der Waals surface area (Å²) >= 11 is 0. The Morgan fingerprint density at radius 3 is 2.00 bits per heavy atom. The van der Waals surface area contributed by atoms with Crippen molar-refractivity contribution in [2.45, 2.75) is 23.3 Å². The van der Waals surface area contributed by atoms with Gasteiger partial charge in [0.25, 0.3) is 5.91 Å². The highest BCUT2D eigenvalue weighted by Crippen LogP contribution is 2.32. The van der Waals surface area contributed by atoms with Gasteiger partial charge in [-0.15, -0.1) is 0 Å². The minimum Gasteiger partial charge on any atom is -0.480 e. The van der Waals surface area contributed by atoms with Gasteiger partial charge in [0, 0.05) is 5.69 Å². The highest BCUT2D eigenvalue weighted by molar-refractivity contribution is 7.89. The lowest BCUT2D eigenvalue weighted by atomic mass is 10.1. The molecule has 2 aromatic carbocycles. The van der Waals surface area contributed by atoms with E-state index < -0.39 is 73.6 Å². The van der Waals surface area contributed by atoms with Crippen LogP contribution in [0, 0.1) is 11.6 Å². The number of sulfonamides is 1. The molecule has 0 aliphatic rings. The van der Waals surface area contributed by atoms with E-state index >= 15 is 0 Å². The molecule has 16 heteroatoms. The van der Waals surface area contributed by atoms with Crippen LogP contribution in [0.15, 0.2) is 41.3 Å². The van der Waals surface area contributed by atoms with Crippen molar-refractivity contribution in [2.24, 2.45) is 0 Å². The van der Waals surface area contributed by atoms with Gasteiger partial charge in [0.15, 0.2) is 0 Å². The lowest BCUT2D eigenvalue weighted by molar-refractivity contribution is -0.177. The maximum atomic E-state index is 14.0. The summed E-state index contributed by atoms with van der Waals surface area (Å²) in [6.45, 7) is 0. The summed E-state index contributed by atoms with van der Waals surface area (Å²) < 4.78 is 129. The largest absolute Gasteiger partial charge is 0.480 e. The Kier molecular flexibility index (Phi) is 7.03. The highest BCUT2D eigenvalue weighted by atomic mass is 32.2. The molecule has 2 rings (SSSR count). The van der Waals surface area contributed by atoms with Gasteiger partial charge < -0.3 is 10.4 Å². The third kappa shape index (κ3) is 6.16. The monoisotopic (exact) mass is 506 g/mol. The minimum atomic E-state index is -5.54. The zero-order valence-corrected chi connectivity index (χ0v) is 16.4. The van der Waals surface area contributed by atoms with Crippen LogP contribution in [0.1, 0.15) is 15.9 Å². The zero-order chi connectivity index (χ0) is 25.4. The Balaban J connectivity index is 2.36. The van der Waals surface area contributed by atoms with E-state index in [0.717, 1.165) is 4.72 Å². The van der Waals surface area contributed by atoms with Crippen molar-refractivity contribution in [1.82, 2.24) is 4.72 Å². The number of amides is 1. The number of hydrogen-bond donors (Lipinski definition) is 3. The fourth-order valence-electron chi connectivity index (χ4n) is 2.35. The topological polar surface area (TPSA) is 113 Å². The Morgan fingerprint density at radius 1 is 0.909 bits per heavy atom. The van der Waals surface area contributed by atoms with Crippen LogP contribution >= 0.6 is 0 Å². The van der Waals surface area contributed by atoms with Crippen LogP contribution < -0.4 is 10.0 Å². The van der Waals surface area contributed by atoms with Crippen molar-refractivity contribution in [2.75, 3.05) is 5.32 Å². The van der Waals surface area contributed by atoms with Crippen molar-refractivity contribution < 1.29 is 58.2 Å². The lowest BCUT2D eigenvalue weighted by Crippen LogP contribution is -2.50. The highest BCUT2D eigenvalue weighted by Gasteiger charge is 2.47. The van der Waals surface area contributed by atoms with Crippen molar-refractivity contribution in [1.29, 1.82) is 0 Å². The van der Waals surface area contributed by atoms with Gasteiger partial charge >= 0.3 is 18.3 Å². The number of anilines is 1. The average Bonchev–Trinajstić information content (AvgIpc) is 2.64. The molecule has 0 fully saturated rings. The van der Waals surface area contributed by atoms with Gasteiger partial charge in [-0.25, -0.2) is 17.2 Å². The molecule has 0 saturated carbocycles. The molecule has 0 heterocycles. The normalized spacial score (nSPS) is 13.5. The van der Waals surface area contributed by atoms with Gasteiger partial charge in [0.05, 0.1) is 16.0 Å². The first kappa shape index (κ1) is 26.0. The van der Waals surface area contributed by atoms with Crippen molar-refractivity contribution in [3.8, 4) is 0 Å². The molecular weight excluding hydrogens is 496 g/mol. The lowest BCUT2D eigenvalue weighted by Gasteiger charge is -2.18. The molecule has 180 valence electrons. The summed E-state index contributed by atoms with van der Waals surface area (Å²) in [5.41, 5.74) is -3.35. The van der Waals surface area contributed by atoms with Crippen LogP contribution in [0.25, 0.3) is 0 Å². The molecule has 1 atom stereocenters. The number of carbonyl (C=O) groups excluding carboxylic acids is 1. The first-order chi connectivity index (χ1) is 14.9. The van der Waals surface area contributed by atoms with Crippen LogP contribution in [0.5, 0.6) is 0 Å². The molecular formula is C17H10F8N2O5S. The summed E-state index contributed by atoms with van der Waals surface area (Å²) in [5.74, 6) is -7.26. The second-order valence-corrected chi connectivity index (χ2v) is 7.94. The first-order valence-electron chi connectivity index (χ1n) is 8.23. The molecule has 0 saturated heterocycles. The summed E-state index contributed by atoms with van der Waals surface area (Å²) in [6, 6.07) is -1.37. The van der Waals surface area contributed by atoms with E-state index in [9.17, 15) is 53.1 Å². The molecule has 3 N–H and O–H groups in total. The van der Waals surface area contributed by atoms with Crippen LogP contribution in [-0.4, -0.2) is 37.6 Å². The molecule has 0 unspecified atom stereocenters. The SMILES string of the molecule is O=C(Nc1ccc(C(F)(F)F)c(F)c1)c1cc(S(=O)(=O)N[C@@H](C(=O)O)C(F)(F)F)ccc1F. The van der Waals surface area contributed by atoms with E-state index in [1.807, 2.05) is 0 Å². The number of rotatable bonds is 6. The molecule has 0 aliphatic carbocycles. The third-order valence-electron chi connectivity index (χ3n) is 3.87. The predicted molar refractivity (Wildman–Crippen MR) is 93.6 cm³/mol. The van der Waals surface area contributed by atoms with Gasteiger partial charge in [0.2, 0.25) is 16.1 Å². The molecule has 0 radical (unpaired) electrons. The maximum Gasteiger partial charge on any atom is 0.419 e. The maximum absolute atomic E-state index is 14.0. The van der Waals surface area contributed by atoms with Gasteiger partial charge in [-0.1, -0.05) is 0 Å². The molecule has 0 aliphatic heterocycles. The number of halogens is 8. The summed E-state index contributed by atoms with van der Waals surface area (Å²) in [6.07, 6.45) is -10.6. The summed E-state index contributed by atoms with van der Waals surface area (Å²) in [7, 11) is -5.24. The van der Waals surface area contributed by atoms with Gasteiger partial charge in [-0.05, 0) is 36.4 Å². The summed E-state index contributed by atoms with van der Waals surface area (Å²) in [5, 5.41) is 10.4. The van der Waals surface area contributed by atoms with Gasteiger partial charge in [-0.3, -0.25) is 9.59 Å². The number of carboxylic acid groups (broad SMARTS) is 1. The molecule has 0 aromatic heterocycles. The molecule has 0 bridgehead atoms. The van der Waals surface area contributed by atoms with Gasteiger partial charge in [0.1, 0.15) is 11.6 Å². The number of carboxylic acids is 1. The number of carbonyl (C=O) groups is 2. The van der Waals surface area contributed by atoms with Crippen LogP contribution in [0.4, 0.5) is 40.8 Å². The smallest absolute Gasteiger partial charge is 0.419 e. The number of alkyl halides is 6. The number of hydrogen-bond acceptors (Lipinski definition) is 4. The Morgan fingerprint density at radius 2 is 1.52 bits per heavy atom. The zero-order valence-electron chi connectivity index (χ0n) is 15.6. The molecule has 7 nitrogen and oxygen atoms in total. The minimum absolute atomic E-state index is 0.252. The molecule has 33 heavy (non-hydrogen) atoms. The number of nitrogens with one attached hydrogen (secondary N) is 2. The van der Waals surface area contributed by atoms with Crippen LogP contribution in [-0.2, 0) is 21.0 Å². The second kappa shape index (κ2) is 8.93. The Labute approximate surface area is 179 Å². The van der Waals surface area contributed by atoms with E-state index in [-0.39, 0.29) is 18.2 Å². The number of aliphatic carboxylic acids is 1. The molecule has 2 aromatic rings. The van der Waals surface area contributed by atoms with E-state index in [2.05, 4.69) is 0 Å². The van der Waals surface area contributed by atoms with Crippen molar-refractivity contribution in [3.05, 3.63) is 59.2 Å². The fourth-order valence-corrected chi connectivity index (χ4v) is 3.55. The van der Waals surface area contributed by atoms with E-state index in [4.69, 9.17) is 5.11 Å². The van der Waals surface area contributed by atoms with Crippen molar-refractivity contribution >= 4 is 27.6 Å². The van der Waals surface area contributed by atoms with E-state index in [1.54, 1.807) is 5.32 Å². The van der Waals surface area contributed by atoms with Crippen LogP contribution in [0.2, 0.25) is 0 Å². The molecule has 0 spiro atoms. The van der Waals surface area contributed by atoms with E-state index in [1.165, 1.54) is 0 Å². The van der Waals surface area contributed by atoms with E-state index in [0.29, 0.717) is 18.2 Å².